The molecule has 10 nitrogen and oxygen atoms in total. The highest BCUT2D eigenvalue weighted by atomic mass is 16.5. The second-order valence-electron chi connectivity index (χ2n) is 6.37. The predicted octanol–water partition coefficient (Wildman–Crippen LogP) is 2.84. The number of nitrogens with two attached hydrogens (primary N) is 3. The Kier molecular flexibility index (Phi) is 5.64. The molecule has 0 aromatic heterocycles. The molecule has 31 heavy (non-hydrogen) atoms. The second kappa shape index (κ2) is 8.33. The molecule has 0 aliphatic carbocycles. The van der Waals surface area contributed by atoms with Gasteiger partial charge in [-0.25, -0.2) is 14.4 Å². The maximum absolute atomic E-state index is 12.8. The maximum Gasteiger partial charge on any atom is 0.347 e. The van der Waals surface area contributed by atoms with Gasteiger partial charge in [0.2, 0.25) is 0 Å². The quantitative estimate of drug-likeness (QED) is 0.224. The number of carboxylic acid groups (broad SMARTS) is 2. The van der Waals surface area contributed by atoms with Crippen LogP contribution in [0.5, 0.6) is 17.2 Å². The number of aromatic carboxylic acids is 2. The Hall–Kier alpha value is -4.73. The van der Waals surface area contributed by atoms with Crippen molar-refractivity contribution >= 4 is 35.0 Å². The zero-order valence-electron chi connectivity index (χ0n) is 15.9. The number of carbonyl (C=O) groups excluding carboxylic acids is 1. The minimum Gasteiger partial charge on any atom is -0.478 e. The Bertz CT molecular complexity index is 1210. The average molecular weight is 423 g/mol. The van der Waals surface area contributed by atoms with Gasteiger partial charge in [-0.15, -0.1) is 0 Å². The molecule has 3 aromatic carbocycles. The zero-order chi connectivity index (χ0) is 22.7. The van der Waals surface area contributed by atoms with E-state index >= 15 is 0 Å². The first-order valence-electron chi connectivity index (χ1n) is 8.71. The van der Waals surface area contributed by atoms with E-state index in [1.165, 1.54) is 48.5 Å². The van der Waals surface area contributed by atoms with Gasteiger partial charge in [0.25, 0.3) is 0 Å². The van der Waals surface area contributed by atoms with Crippen molar-refractivity contribution in [2.75, 3.05) is 17.2 Å². The predicted molar refractivity (Wildman–Crippen MR) is 112 cm³/mol. The molecular formula is C21H17N3O7. The molecule has 3 rings (SSSR count). The number of esters is 1. The lowest BCUT2D eigenvalue weighted by Crippen LogP contribution is -2.13. The van der Waals surface area contributed by atoms with Gasteiger partial charge in [-0.3, -0.25) is 0 Å². The van der Waals surface area contributed by atoms with Gasteiger partial charge in [-0.05, 0) is 54.6 Å². The van der Waals surface area contributed by atoms with Crippen LogP contribution in [0.25, 0.3) is 0 Å². The minimum absolute atomic E-state index is 0.0567. The fraction of sp³-hybridized carbons (Fsp3) is 0. The van der Waals surface area contributed by atoms with Crippen LogP contribution in [0.2, 0.25) is 0 Å². The lowest BCUT2D eigenvalue weighted by molar-refractivity contribution is 0.0673. The van der Waals surface area contributed by atoms with Crippen LogP contribution >= 0.6 is 0 Å². The fourth-order valence-electron chi connectivity index (χ4n) is 2.68. The molecule has 0 radical (unpaired) electrons. The third-order valence-electron chi connectivity index (χ3n) is 4.11. The number of anilines is 3. The average Bonchev–Trinajstić information content (AvgIpc) is 2.71. The Morgan fingerprint density at radius 1 is 0.613 bits per heavy atom. The summed E-state index contributed by atoms with van der Waals surface area (Å²) >= 11 is 0. The fourth-order valence-corrected chi connectivity index (χ4v) is 2.68. The molecule has 0 bridgehead atoms. The van der Waals surface area contributed by atoms with Gasteiger partial charge in [0.15, 0.2) is 0 Å². The summed E-state index contributed by atoms with van der Waals surface area (Å²) in [7, 11) is 0. The van der Waals surface area contributed by atoms with Crippen LogP contribution in [-0.4, -0.2) is 28.1 Å². The van der Waals surface area contributed by atoms with Crippen LogP contribution in [0.3, 0.4) is 0 Å². The summed E-state index contributed by atoms with van der Waals surface area (Å²) in [5.74, 6) is -3.96. The first-order chi connectivity index (χ1) is 14.7. The van der Waals surface area contributed by atoms with E-state index in [-0.39, 0.29) is 51.0 Å². The number of carbonyl (C=O) groups is 3. The lowest BCUT2D eigenvalue weighted by atomic mass is 10.1. The molecule has 0 atom stereocenters. The largest absolute Gasteiger partial charge is 0.478 e. The van der Waals surface area contributed by atoms with Crippen molar-refractivity contribution in [3.8, 4) is 17.2 Å². The molecule has 0 spiro atoms. The monoisotopic (exact) mass is 423 g/mol. The van der Waals surface area contributed by atoms with E-state index in [1.807, 2.05) is 0 Å². The molecule has 0 fully saturated rings. The van der Waals surface area contributed by atoms with Gasteiger partial charge >= 0.3 is 17.9 Å². The number of benzene rings is 3. The number of carboxylic acids is 2. The van der Waals surface area contributed by atoms with E-state index in [1.54, 1.807) is 0 Å². The van der Waals surface area contributed by atoms with Crippen molar-refractivity contribution in [2.45, 2.75) is 0 Å². The van der Waals surface area contributed by atoms with Gasteiger partial charge in [0.05, 0.1) is 0 Å². The van der Waals surface area contributed by atoms with Crippen molar-refractivity contribution in [3.63, 3.8) is 0 Å². The highest BCUT2D eigenvalue weighted by Gasteiger charge is 2.21. The summed E-state index contributed by atoms with van der Waals surface area (Å²) < 4.78 is 10.9. The molecule has 0 unspecified atom stereocenters. The van der Waals surface area contributed by atoms with Crippen LogP contribution in [0.4, 0.5) is 17.1 Å². The molecule has 0 saturated heterocycles. The molecule has 0 heterocycles. The van der Waals surface area contributed by atoms with E-state index in [2.05, 4.69) is 0 Å². The van der Waals surface area contributed by atoms with Crippen LogP contribution in [0.1, 0.15) is 31.1 Å². The molecule has 0 aliphatic rings. The van der Waals surface area contributed by atoms with Gasteiger partial charge in [-0.2, -0.15) is 0 Å². The molecular weight excluding hydrogens is 406 g/mol. The summed E-state index contributed by atoms with van der Waals surface area (Å²) in [5.41, 5.74) is 16.9. The normalized spacial score (nSPS) is 10.3. The van der Waals surface area contributed by atoms with Gasteiger partial charge in [0.1, 0.15) is 33.9 Å². The lowest BCUT2D eigenvalue weighted by Gasteiger charge is -2.14. The highest BCUT2D eigenvalue weighted by Crippen LogP contribution is 2.32. The van der Waals surface area contributed by atoms with Crippen LogP contribution in [-0.2, 0) is 0 Å². The Labute approximate surface area is 175 Å². The summed E-state index contributed by atoms with van der Waals surface area (Å²) in [4.78, 5) is 35.7. The number of hydrogen-bond donors (Lipinski definition) is 5. The topological polar surface area (TPSA) is 188 Å². The Morgan fingerprint density at radius 3 is 1.48 bits per heavy atom. The molecule has 0 saturated carbocycles. The van der Waals surface area contributed by atoms with E-state index in [9.17, 15) is 24.6 Å². The van der Waals surface area contributed by atoms with E-state index in [0.29, 0.717) is 0 Å². The van der Waals surface area contributed by atoms with Crippen LogP contribution in [0, 0.1) is 0 Å². The first kappa shape index (κ1) is 21.0. The first-order valence-corrected chi connectivity index (χ1v) is 8.71. The molecule has 3 aromatic rings. The maximum atomic E-state index is 12.8. The second-order valence-corrected chi connectivity index (χ2v) is 6.37. The Balaban J connectivity index is 1.99. The third-order valence-corrected chi connectivity index (χ3v) is 4.11. The van der Waals surface area contributed by atoms with E-state index < -0.39 is 17.9 Å². The molecule has 0 aliphatic heterocycles. The number of nitrogen functional groups attached to an aromatic ring is 3. The summed E-state index contributed by atoms with van der Waals surface area (Å²) in [6.45, 7) is 0. The zero-order valence-corrected chi connectivity index (χ0v) is 15.9. The molecule has 0 amide bonds. The summed E-state index contributed by atoms with van der Waals surface area (Å²) in [6, 6.07) is 11.8. The van der Waals surface area contributed by atoms with Crippen molar-refractivity contribution in [1.82, 2.24) is 0 Å². The third kappa shape index (κ3) is 4.65. The van der Waals surface area contributed by atoms with Crippen molar-refractivity contribution < 1.29 is 34.1 Å². The van der Waals surface area contributed by atoms with Gasteiger partial charge in [0, 0.05) is 17.1 Å². The number of ether oxygens (including phenoxy) is 2. The van der Waals surface area contributed by atoms with Crippen LogP contribution in [0.15, 0.2) is 54.6 Å². The standard InChI is InChI=1S/C21H17N3O7/c22-10-1-4-16(13(7-10)19(25)26)30-18-6-3-12(24)9-15(18)21(29)31-17-5-2-11(23)8-14(17)20(27)28/h1-9H,22-24H2,(H,25,26)(H,27,28). The summed E-state index contributed by atoms with van der Waals surface area (Å²) in [6.07, 6.45) is 0. The van der Waals surface area contributed by atoms with E-state index in [4.69, 9.17) is 26.7 Å². The highest BCUT2D eigenvalue weighted by molar-refractivity contribution is 5.98. The summed E-state index contributed by atoms with van der Waals surface area (Å²) in [5, 5.41) is 18.7. The Morgan fingerprint density at radius 2 is 1.00 bits per heavy atom. The van der Waals surface area contributed by atoms with E-state index in [0.717, 1.165) is 6.07 Å². The van der Waals surface area contributed by atoms with Crippen molar-refractivity contribution in [1.29, 1.82) is 0 Å². The van der Waals surface area contributed by atoms with Crippen molar-refractivity contribution in [2.24, 2.45) is 0 Å². The SMILES string of the molecule is Nc1ccc(OC(=O)c2cc(N)ccc2Oc2ccc(N)cc2C(=O)O)c(C(=O)O)c1. The number of rotatable bonds is 6. The van der Waals surface area contributed by atoms with Crippen LogP contribution < -0.4 is 26.7 Å². The molecule has 8 N–H and O–H groups in total. The van der Waals surface area contributed by atoms with Gasteiger partial charge < -0.3 is 36.9 Å². The van der Waals surface area contributed by atoms with Gasteiger partial charge in [-0.1, -0.05) is 0 Å². The van der Waals surface area contributed by atoms with Crippen molar-refractivity contribution in [3.05, 3.63) is 71.3 Å². The molecule has 158 valence electrons. The minimum atomic E-state index is -1.34. The number of hydrogen-bond acceptors (Lipinski definition) is 8. The smallest absolute Gasteiger partial charge is 0.347 e. The molecule has 10 heteroatoms.